The molecule has 0 spiro atoms. The van der Waals surface area contributed by atoms with Crippen LogP contribution < -0.4 is 4.74 Å². The largest absolute Gasteiger partial charge is 0.485 e. The van der Waals surface area contributed by atoms with Crippen molar-refractivity contribution in [3.63, 3.8) is 0 Å². The number of hydrogen-bond acceptors (Lipinski definition) is 5. The van der Waals surface area contributed by atoms with Crippen molar-refractivity contribution in [3.05, 3.63) is 10.7 Å². The molecule has 84 valence electrons. The molecule has 0 radical (unpaired) electrons. The molecule has 0 aliphatic rings. The fourth-order valence-corrected chi connectivity index (χ4v) is 1.91. The van der Waals surface area contributed by atoms with Crippen LogP contribution in [0.25, 0.3) is 0 Å². The van der Waals surface area contributed by atoms with Gasteiger partial charge in [0, 0.05) is 5.92 Å². The Kier molecular flexibility index (Phi) is 4.08. The summed E-state index contributed by atoms with van der Waals surface area (Å²) in [5.41, 5.74) is 0.285. The molecule has 1 heterocycles. The first-order chi connectivity index (χ1) is 7.10. The van der Waals surface area contributed by atoms with Crippen molar-refractivity contribution in [3.8, 4) is 5.06 Å². The third-order valence-corrected chi connectivity index (χ3v) is 3.08. The second-order valence-corrected chi connectivity index (χ2v) is 4.26. The molecule has 1 rings (SSSR count). The Morgan fingerprint density at radius 1 is 1.53 bits per heavy atom. The van der Waals surface area contributed by atoms with E-state index in [0.29, 0.717) is 11.7 Å². The molecule has 1 aromatic rings. The minimum Gasteiger partial charge on any atom is -0.485 e. The van der Waals surface area contributed by atoms with Crippen LogP contribution in [0, 0.1) is 0 Å². The zero-order chi connectivity index (χ0) is 11.4. The van der Waals surface area contributed by atoms with Gasteiger partial charge in [0.1, 0.15) is 0 Å². The standard InChI is InChI=1S/C10H15NO3S/c1-5-14-9(12)7-10(13-4)15-8(11-7)6(2)3/h6H,5H2,1-4H3. The van der Waals surface area contributed by atoms with Gasteiger partial charge in [-0.2, -0.15) is 0 Å². The summed E-state index contributed by atoms with van der Waals surface area (Å²) in [6.45, 7) is 6.15. The monoisotopic (exact) mass is 229 g/mol. The van der Waals surface area contributed by atoms with Gasteiger partial charge in [0.15, 0.2) is 0 Å². The molecule has 1 aromatic heterocycles. The molecule has 0 fully saturated rings. The fourth-order valence-electron chi connectivity index (χ4n) is 1.04. The summed E-state index contributed by atoms with van der Waals surface area (Å²) in [7, 11) is 1.53. The molecule has 4 nitrogen and oxygen atoms in total. The van der Waals surface area contributed by atoms with E-state index >= 15 is 0 Å². The Balaban J connectivity index is 3.00. The Labute approximate surface area is 93.2 Å². The average molecular weight is 229 g/mol. The van der Waals surface area contributed by atoms with Crippen LogP contribution in [0.1, 0.15) is 42.2 Å². The fraction of sp³-hybridized carbons (Fsp3) is 0.600. The van der Waals surface area contributed by atoms with E-state index in [1.54, 1.807) is 6.92 Å². The summed E-state index contributed by atoms with van der Waals surface area (Å²) in [6, 6.07) is 0. The van der Waals surface area contributed by atoms with Gasteiger partial charge in [-0.1, -0.05) is 25.2 Å². The number of hydrogen-bond donors (Lipinski definition) is 0. The highest BCUT2D eigenvalue weighted by atomic mass is 32.1. The van der Waals surface area contributed by atoms with Crippen molar-refractivity contribution < 1.29 is 14.3 Å². The summed E-state index contributed by atoms with van der Waals surface area (Å²) < 4.78 is 9.99. The SMILES string of the molecule is CCOC(=O)c1nc(C(C)C)sc1OC. The van der Waals surface area contributed by atoms with Crippen molar-refractivity contribution in [2.75, 3.05) is 13.7 Å². The quantitative estimate of drug-likeness (QED) is 0.744. The number of rotatable bonds is 4. The van der Waals surface area contributed by atoms with E-state index < -0.39 is 5.97 Å². The van der Waals surface area contributed by atoms with Crippen LogP contribution in [0.2, 0.25) is 0 Å². The third kappa shape index (κ3) is 2.68. The van der Waals surface area contributed by atoms with E-state index in [9.17, 15) is 4.79 Å². The predicted octanol–water partition coefficient (Wildman–Crippen LogP) is 2.45. The van der Waals surface area contributed by atoms with E-state index in [1.165, 1.54) is 18.4 Å². The smallest absolute Gasteiger partial charge is 0.361 e. The van der Waals surface area contributed by atoms with Gasteiger partial charge < -0.3 is 9.47 Å². The van der Waals surface area contributed by atoms with Crippen LogP contribution in [0.15, 0.2) is 0 Å². The lowest BCUT2D eigenvalue weighted by atomic mass is 10.2. The molecule has 0 unspecified atom stereocenters. The average Bonchev–Trinajstić information content (AvgIpc) is 2.61. The molecule has 0 saturated carbocycles. The third-order valence-electron chi connectivity index (χ3n) is 1.76. The van der Waals surface area contributed by atoms with Gasteiger partial charge in [0.05, 0.1) is 18.7 Å². The number of nitrogens with zero attached hydrogens (tertiary/aromatic N) is 1. The Morgan fingerprint density at radius 3 is 2.67 bits per heavy atom. The van der Waals surface area contributed by atoms with Crippen molar-refractivity contribution >= 4 is 17.3 Å². The first kappa shape index (κ1) is 12.0. The minimum atomic E-state index is -0.419. The predicted molar refractivity (Wildman–Crippen MR) is 58.7 cm³/mol. The summed E-state index contributed by atoms with van der Waals surface area (Å²) in [4.78, 5) is 15.7. The van der Waals surface area contributed by atoms with Crippen LogP contribution in [0.3, 0.4) is 0 Å². The zero-order valence-electron chi connectivity index (χ0n) is 9.36. The molecule has 0 saturated heterocycles. The lowest BCUT2D eigenvalue weighted by Crippen LogP contribution is -2.06. The zero-order valence-corrected chi connectivity index (χ0v) is 10.2. The van der Waals surface area contributed by atoms with Crippen LogP contribution in [-0.2, 0) is 4.74 Å². The normalized spacial score (nSPS) is 10.5. The molecule has 0 bridgehead atoms. The topological polar surface area (TPSA) is 48.4 Å². The first-order valence-electron chi connectivity index (χ1n) is 4.82. The van der Waals surface area contributed by atoms with Gasteiger partial charge >= 0.3 is 5.97 Å². The van der Waals surface area contributed by atoms with Gasteiger partial charge in [-0.05, 0) is 6.92 Å². The van der Waals surface area contributed by atoms with Crippen LogP contribution in [-0.4, -0.2) is 24.7 Å². The van der Waals surface area contributed by atoms with E-state index in [2.05, 4.69) is 4.98 Å². The van der Waals surface area contributed by atoms with Gasteiger partial charge in [-0.15, -0.1) is 0 Å². The lowest BCUT2D eigenvalue weighted by Gasteiger charge is -1.99. The summed E-state index contributed by atoms with van der Waals surface area (Å²) in [5.74, 6) is -0.135. The Morgan fingerprint density at radius 2 is 2.20 bits per heavy atom. The highest BCUT2D eigenvalue weighted by Crippen LogP contribution is 2.31. The summed E-state index contributed by atoms with van der Waals surface area (Å²) >= 11 is 1.39. The molecule has 0 atom stereocenters. The molecule has 15 heavy (non-hydrogen) atoms. The van der Waals surface area contributed by atoms with Gasteiger partial charge in [0.2, 0.25) is 10.8 Å². The number of ether oxygens (including phenoxy) is 2. The number of esters is 1. The van der Waals surface area contributed by atoms with Crippen molar-refractivity contribution in [2.45, 2.75) is 26.7 Å². The first-order valence-corrected chi connectivity index (χ1v) is 5.63. The number of methoxy groups -OCH3 is 1. The van der Waals surface area contributed by atoms with Crippen molar-refractivity contribution in [2.24, 2.45) is 0 Å². The lowest BCUT2D eigenvalue weighted by molar-refractivity contribution is 0.0516. The van der Waals surface area contributed by atoms with E-state index in [1.807, 2.05) is 13.8 Å². The van der Waals surface area contributed by atoms with Crippen LogP contribution in [0.4, 0.5) is 0 Å². The number of carbonyl (C=O) groups is 1. The number of aromatic nitrogens is 1. The molecular weight excluding hydrogens is 214 g/mol. The van der Waals surface area contributed by atoms with Gasteiger partial charge in [0.25, 0.3) is 0 Å². The molecule has 0 aromatic carbocycles. The summed E-state index contributed by atoms with van der Waals surface area (Å²) in [5, 5.41) is 1.41. The maximum atomic E-state index is 11.5. The summed E-state index contributed by atoms with van der Waals surface area (Å²) in [6.07, 6.45) is 0. The highest BCUT2D eigenvalue weighted by Gasteiger charge is 2.21. The minimum absolute atomic E-state index is 0.284. The molecular formula is C10H15NO3S. The van der Waals surface area contributed by atoms with Crippen LogP contribution in [0.5, 0.6) is 5.06 Å². The van der Waals surface area contributed by atoms with Gasteiger partial charge in [-0.25, -0.2) is 9.78 Å². The molecule has 0 amide bonds. The second kappa shape index (κ2) is 5.11. The number of carbonyl (C=O) groups excluding carboxylic acids is 1. The molecule has 0 aliphatic carbocycles. The molecule has 0 N–H and O–H groups in total. The van der Waals surface area contributed by atoms with E-state index in [-0.39, 0.29) is 11.6 Å². The van der Waals surface area contributed by atoms with Gasteiger partial charge in [-0.3, -0.25) is 0 Å². The molecule has 5 heteroatoms. The second-order valence-electron chi connectivity index (χ2n) is 3.27. The maximum absolute atomic E-state index is 11.5. The Hall–Kier alpha value is -1.10. The van der Waals surface area contributed by atoms with Crippen LogP contribution >= 0.6 is 11.3 Å². The van der Waals surface area contributed by atoms with Crippen molar-refractivity contribution in [1.82, 2.24) is 4.98 Å². The Bertz CT molecular complexity index is 346. The number of thiazole rings is 1. The highest BCUT2D eigenvalue weighted by molar-refractivity contribution is 7.13. The maximum Gasteiger partial charge on any atom is 0.361 e. The van der Waals surface area contributed by atoms with Crippen molar-refractivity contribution in [1.29, 1.82) is 0 Å². The van der Waals surface area contributed by atoms with E-state index in [0.717, 1.165) is 5.01 Å². The van der Waals surface area contributed by atoms with E-state index in [4.69, 9.17) is 9.47 Å². The molecule has 0 aliphatic heterocycles.